The highest BCUT2D eigenvalue weighted by Gasteiger charge is 2.23. The van der Waals surface area contributed by atoms with Crippen LogP contribution in [0.5, 0.6) is 11.5 Å². The maximum Gasteiger partial charge on any atom is 0.270 e. The topological polar surface area (TPSA) is 60.5 Å². The van der Waals surface area contributed by atoms with Gasteiger partial charge in [0.25, 0.3) is 5.91 Å². The second-order valence-electron chi connectivity index (χ2n) is 5.92. The molecule has 0 saturated heterocycles. The zero-order chi connectivity index (χ0) is 16.9. The van der Waals surface area contributed by atoms with Gasteiger partial charge in [-0.15, -0.1) is 11.3 Å². The smallest absolute Gasteiger partial charge is 0.270 e. The highest BCUT2D eigenvalue weighted by atomic mass is 32.1. The zero-order valence-corrected chi connectivity index (χ0v) is 14.8. The predicted octanol–water partition coefficient (Wildman–Crippen LogP) is 3.09. The number of ether oxygens (including phenoxy) is 2. The van der Waals surface area contributed by atoms with Crippen LogP contribution in [0.2, 0.25) is 0 Å². The van der Waals surface area contributed by atoms with E-state index in [0.29, 0.717) is 18.8 Å². The van der Waals surface area contributed by atoms with E-state index in [2.05, 4.69) is 17.2 Å². The van der Waals surface area contributed by atoms with Crippen molar-refractivity contribution in [2.75, 3.05) is 20.3 Å². The van der Waals surface area contributed by atoms with E-state index in [1.54, 1.807) is 18.4 Å². The normalized spacial score (nSPS) is 16.2. The van der Waals surface area contributed by atoms with Crippen molar-refractivity contribution in [3.05, 3.63) is 39.8 Å². The Balaban J connectivity index is 1.56. The molecule has 1 atom stereocenters. The molecule has 24 heavy (non-hydrogen) atoms. The zero-order valence-electron chi connectivity index (χ0n) is 14.0. The van der Waals surface area contributed by atoms with Crippen LogP contribution in [-0.2, 0) is 12.8 Å². The molecule has 2 heterocycles. The summed E-state index contributed by atoms with van der Waals surface area (Å²) in [5.74, 6) is 1.74. The molecule has 1 aromatic heterocycles. The summed E-state index contributed by atoms with van der Waals surface area (Å²) < 4.78 is 11.2. The van der Waals surface area contributed by atoms with E-state index in [1.165, 1.54) is 0 Å². The third-order valence-corrected chi connectivity index (χ3v) is 4.96. The number of thiazole rings is 1. The number of fused-ring (bicyclic) bond motifs is 1. The number of methoxy groups -OCH3 is 1. The van der Waals surface area contributed by atoms with Crippen molar-refractivity contribution in [3.8, 4) is 11.5 Å². The lowest BCUT2D eigenvalue weighted by Gasteiger charge is -2.26. The fraction of sp³-hybridized carbons (Fsp3) is 0.444. The second kappa shape index (κ2) is 7.66. The average molecular weight is 346 g/mol. The van der Waals surface area contributed by atoms with Crippen LogP contribution in [0.4, 0.5) is 0 Å². The van der Waals surface area contributed by atoms with Crippen LogP contribution in [0, 0.1) is 5.92 Å². The molecule has 0 spiro atoms. The molecule has 1 N–H and O–H groups in total. The largest absolute Gasteiger partial charge is 0.493 e. The van der Waals surface area contributed by atoms with Crippen molar-refractivity contribution in [2.24, 2.45) is 5.92 Å². The van der Waals surface area contributed by atoms with Crippen molar-refractivity contribution in [3.63, 3.8) is 0 Å². The summed E-state index contributed by atoms with van der Waals surface area (Å²) in [5, 5.41) is 5.83. The van der Waals surface area contributed by atoms with Crippen molar-refractivity contribution in [2.45, 2.75) is 26.2 Å². The van der Waals surface area contributed by atoms with Gasteiger partial charge in [-0.3, -0.25) is 4.79 Å². The maximum atomic E-state index is 12.2. The summed E-state index contributed by atoms with van der Waals surface area (Å²) in [6, 6.07) is 5.91. The van der Waals surface area contributed by atoms with Gasteiger partial charge in [0.2, 0.25) is 0 Å². The Morgan fingerprint density at radius 2 is 2.38 bits per heavy atom. The quantitative estimate of drug-likeness (QED) is 0.873. The van der Waals surface area contributed by atoms with Gasteiger partial charge in [0, 0.05) is 17.8 Å². The number of aryl methyl sites for hydroxylation is 1. The molecule has 0 fully saturated rings. The minimum absolute atomic E-state index is 0.106. The Bertz CT molecular complexity index is 714. The summed E-state index contributed by atoms with van der Waals surface area (Å²) in [7, 11) is 1.64. The number of para-hydroxylation sites is 1. The van der Waals surface area contributed by atoms with Gasteiger partial charge in [-0.1, -0.05) is 19.1 Å². The number of hydrogen-bond donors (Lipinski definition) is 1. The van der Waals surface area contributed by atoms with Gasteiger partial charge in [0.15, 0.2) is 11.5 Å². The van der Waals surface area contributed by atoms with E-state index in [4.69, 9.17) is 9.47 Å². The van der Waals surface area contributed by atoms with Crippen molar-refractivity contribution >= 4 is 17.2 Å². The van der Waals surface area contributed by atoms with Crippen LogP contribution in [0.1, 0.15) is 34.4 Å². The molecule has 6 heteroatoms. The van der Waals surface area contributed by atoms with Crippen LogP contribution >= 0.6 is 11.3 Å². The number of carbonyl (C=O) groups is 1. The lowest BCUT2D eigenvalue weighted by Crippen LogP contribution is -2.35. The number of amides is 1. The Hall–Kier alpha value is -2.08. The first-order valence-corrected chi connectivity index (χ1v) is 9.10. The molecule has 3 rings (SSSR count). The molecule has 1 aromatic carbocycles. The molecular formula is C18H22N2O3S. The van der Waals surface area contributed by atoms with E-state index in [-0.39, 0.29) is 11.8 Å². The van der Waals surface area contributed by atoms with Crippen LogP contribution < -0.4 is 14.8 Å². The summed E-state index contributed by atoms with van der Waals surface area (Å²) in [6.45, 7) is 3.26. The first-order valence-electron chi connectivity index (χ1n) is 8.22. The van der Waals surface area contributed by atoms with Crippen molar-refractivity contribution in [1.29, 1.82) is 0 Å². The lowest BCUT2D eigenvalue weighted by atomic mass is 9.96. The monoisotopic (exact) mass is 346 g/mol. The van der Waals surface area contributed by atoms with Crippen molar-refractivity contribution < 1.29 is 14.3 Å². The first-order chi connectivity index (χ1) is 11.7. The number of nitrogens with zero attached hydrogens (tertiary/aromatic N) is 1. The van der Waals surface area contributed by atoms with Gasteiger partial charge < -0.3 is 14.8 Å². The Labute approximate surface area is 146 Å². The molecule has 0 saturated carbocycles. The van der Waals surface area contributed by atoms with Gasteiger partial charge >= 0.3 is 0 Å². The third kappa shape index (κ3) is 3.70. The highest BCUT2D eigenvalue weighted by molar-refractivity contribution is 7.09. The Morgan fingerprint density at radius 3 is 3.17 bits per heavy atom. The number of hydrogen-bond acceptors (Lipinski definition) is 5. The Kier molecular flexibility index (Phi) is 5.35. The highest BCUT2D eigenvalue weighted by Crippen LogP contribution is 2.35. The predicted molar refractivity (Wildman–Crippen MR) is 94.1 cm³/mol. The molecule has 0 bridgehead atoms. The number of aromatic nitrogens is 1. The summed E-state index contributed by atoms with van der Waals surface area (Å²) in [6.07, 6.45) is 2.83. The van der Waals surface area contributed by atoms with E-state index < -0.39 is 0 Å². The van der Waals surface area contributed by atoms with E-state index >= 15 is 0 Å². The van der Waals surface area contributed by atoms with E-state index in [0.717, 1.165) is 41.3 Å². The van der Waals surface area contributed by atoms with Crippen LogP contribution in [0.3, 0.4) is 0 Å². The standard InChI is InChI=1S/C18H22N2O3S/c1-3-5-16-20-14(11-24-16)18(21)19-9-12-8-13-6-4-7-15(22-2)17(13)23-10-12/h4,6-7,11-12H,3,5,8-10H2,1-2H3,(H,19,21)/t12-/m0/s1. The molecule has 0 radical (unpaired) electrons. The number of carbonyl (C=O) groups excluding carboxylic acids is 1. The molecular weight excluding hydrogens is 324 g/mol. The molecule has 2 aromatic rings. The fourth-order valence-electron chi connectivity index (χ4n) is 2.82. The number of nitrogens with one attached hydrogen (secondary N) is 1. The maximum absolute atomic E-state index is 12.2. The molecule has 5 nitrogen and oxygen atoms in total. The molecule has 128 valence electrons. The Morgan fingerprint density at radius 1 is 1.50 bits per heavy atom. The van der Waals surface area contributed by atoms with Gasteiger partial charge in [0.05, 0.1) is 18.7 Å². The number of rotatable bonds is 6. The lowest BCUT2D eigenvalue weighted by molar-refractivity contribution is 0.0934. The summed E-state index contributed by atoms with van der Waals surface area (Å²) in [5.41, 5.74) is 1.64. The molecule has 1 aliphatic heterocycles. The van der Waals surface area contributed by atoms with E-state index in [1.807, 2.05) is 23.6 Å². The van der Waals surface area contributed by atoms with Gasteiger partial charge in [-0.25, -0.2) is 4.98 Å². The van der Waals surface area contributed by atoms with Gasteiger partial charge in [-0.2, -0.15) is 0 Å². The minimum Gasteiger partial charge on any atom is -0.493 e. The molecule has 1 aliphatic rings. The molecule has 0 aliphatic carbocycles. The number of benzene rings is 1. The van der Waals surface area contributed by atoms with Crippen LogP contribution in [0.15, 0.2) is 23.6 Å². The molecule has 1 amide bonds. The summed E-state index contributed by atoms with van der Waals surface area (Å²) >= 11 is 1.55. The molecule has 0 unspecified atom stereocenters. The van der Waals surface area contributed by atoms with Crippen molar-refractivity contribution in [1.82, 2.24) is 10.3 Å². The average Bonchev–Trinajstić information content (AvgIpc) is 3.08. The minimum atomic E-state index is -0.106. The first kappa shape index (κ1) is 16.8. The SMILES string of the molecule is CCCc1nc(C(=O)NC[C@H]2COc3c(cccc3OC)C2)cs1. The summed E-state index contributed by atoms with van der Waals surface area (Å²) in [4.78, 5) is 16.6. The van der Waals surface area contributed by atoms with E-state index in [9.17, 15) is 4.79 Å². The van der Waals surface area contributed by atoms with Crippen LogP contribution in [-0.4, -0.2) is 31.2 Å². The second-order valence-corrected chi connectivity index (χ2v) is 6.86. The van der Waals surface area contributed by atoms with Gasteiger partial charge in [0.1, 0.15) is 5.69 Å². The van der Waals surface area contributed by atoms with Crippen LogP contribution in [0.25, 0.3) is 0 Å². The third-order valence-electron chi connectivity index (χ3n) is 4.05. The van der Waals surface area contributed by atoms with Gasteiger partial charge in [-0.05, 0) is 30.9 Å². The fourth-order valence-corrected chi connectivity index (χ4v) is 3.70.